The fourth-order valence-electron chi connectivity index (χ4n) is 2.15. The van der Waals surface area contributed by atoms with E-state index in [0.29, 0.717) is 11.2 Å². The summed E-state index contributed by atoms with van der Waals surface area (Å²) in [5, 5.41) is 5.09. The molecule has 0 radical (unpaired) electrons. The van der Waals surface area contributed by atoms with Crippen LogP contribution in [0.15, 0.2) is 18.3 Å². The number of hydrogen-bond donors (Lipinski definition) is 0. The highest BCUT2D eigenvalue weighted by atomic mass is 35.5. The summed E-state index contributed by atoms with van der Waals surface area (Å²) in [4.78, 5) is 4.14. The van der Waals surface area contributed by atoms with Gasteiger partial charge in [-0.3, -0.25) is 0 Å². The average molecular weight is 226 g/mol. The topological polar surface area (TPSA) is 19.4 Å². The first-order valence-corrected chi connectivity index (χ1v) is 5.61. The van der Waals surface area contributed by atoms with Crippen LogP contribution >= 0.6 is 11.6 Å². The van der Waals surface area contributed by atoms with E-state index in [1.807, 2.05) is 12.3 Å². The van der Waals surface area contributed by atoms with Gasteiger partial charge in [0.05, 0.1) is 6.04 Å². The molecule has 1 saturated heterocycles. The number of hydrogen-bond acceptors (Lipinski definition) is 3. The van der Waals surface area contributed by atoms with Gasteiger partial charge in [0, 0.05) is 26.8 Å². The summed E-state index contributed by atoms with van der Waals surface area (Å²) in [7, 11) is 4.17. The molecule has 1 aromatic heterocycles. The largest absolute Gasteiger partial charge is 0.247 e. The number of pyridine rings is 1. The van der Waals surface area contributed by atoms with Gasteiger partial charge in [-0.15, -0.1) is 0 Å². The lowest BCUT2D eigenvalue weighted by molar-refractivity contribution is 0.0110. The predicted octanol–water partition coefficient (Wildman–Crippen LogP) is 2.35. The predicted molar refractivity (Wildman–Crippen MR) is 61.6 cm³/mol. The van der Waals surface area contributed by atoms with Gasteiger partial charge < -0.3 is 0 Å². The third-order valence-electron chi connectivity index (χ3n) is 2.87. The minimum atomic E-state index is 0.463. The van der Waals surface area contributed by atoms with Crippen LogP contribution in [0.3, 0.4) is 0 Å². The first-order chi connectivity index (χ1) is 7.18. The highest BCUT2D eigenvalue weighted by Crippen LogP contribution is 2.31. The lowest BCUT2D eigenvalue weighted by atomic mass is 10.1. The van der Waals surface area contributed by atoms with Crippen molar-refractivity contribution < 1.29 is 0 Å². The monoisotopic (exact) mass is 225 g/mol. The molecule has 2 rings (SSSR count). The Balaban J connectivity index is 2.19. The van der Waals surface area contributed by atoms with E-state index in [2.05, 4.69) is 35.2 Å². The summed E-state index contributed by atoms with van der Waals surface area (Å²) in [5.74, 6) is 0. The number of hydrazine groups is 1. The fraction of sp³-hybridized carbons (Fsp3) is 0.545. The fourth-order valence-corrected chi connectivity index (χ4v) is 2.27. The molecule has 1 atom stereocenters. The number of aromatic nitrogens is 1. The lowest BCUT2D eigenvalue weighted by Gasteiger charge is -2.30. The normalized spacial score (nSPS) is 22.5. The van der Waals surface area contributed by atoms with Crippen molar-refractivity contribution in [3.63, 3.8) is 0 Å². The van der Waals surface area contributed by atoms with Gasteiger partial charge in [0.2, 0.25) is 0 Å². The van der Waals surface area contributed by atoms with Crippen molar-refractivity contribution in [1.29, 1.82) is 0 Å². The van der Waals surface area contributed by atoms with Crippen molar-refractivity contribution >= 4 is 11.6 Å². The molecule has 0 bridgehead atoms. The number of rotatable bonds is 2. The Labute approximate surface area is 95.6 Å². The molecular formula is C11H16ClN3. The molecule has 1 fully saturated rings. The van der Waals surface area contributed by atoms with E-state index < -0.39 is 0 Å². The Kier molecular flexibility index (Phi) is 3.24. The van der Waals surface area contributed by atoms with E-state index in [-0.39, 0.29) is 0 Å². The summed E-state index contributed by atoms with van der Waals surface area (Å²) < 4.78 is 0. The zero-order chi connectivity index (χ0) is 10.8. The van der Waals surface area contributed by atoms with E-state index in [1.165, 1.54) is 18.4 Å². The molecule has 0 N–H and O–H groups in total. The molecule has 2 heterocycles. The minimum absolute atomic E-state index is 0.463. The van der Waals surface area contributed by atoms with Crippen molar-refractivity contribution in [2.24, 2.45) is 0 Å². The first-order valence-electron chi connectivity index (χ1n) is 5.24. The Hall–Kier alpha value is -0.640. The van der Waals surface area contributed by atoms with Gasteiger partial charge in [0.15, 0.2) is 0 Å². The van der Waals surface area contributed by atoms with Gasteiger partial charge in [-0.1, -0.05) is 17.7 Å². The summed E-state index contributed by atoms with van der Waals surface area (Å²) in [5.41, 5.74) is 1.26. The van der Waals surface area contributed by atoms with E-state index in [1.54, 1.807) is 0 Å². The van der Waals surface area contributed by atoms with E-state index in [4.69, 9.17) is 11.6 Å². The van der Waals surface area contributed by atoms with Crippen LogP contribution in [-0.4, -0.2) is 35.6 Å². The molecule has 1 aliphatic heterocycles. The molecule has 0 spiro atoms. The van der Waals surface area contributed by atoms with Gasteiger partial charge in [-0.05, 0) is 24.5 Å². The van der Waals surface area contributed by atoms with Crippen LogP contribution in [0.25, 0.3) is 0 Å². The van der Waals surface area contributed by atoms with Crippen molar-refractivity contribution in [1.82, 2.24) is 15.0 Å². The van der Waals surface area contributed by atoms with Gasteiger partial charge >= 0.3 is 0 Å². The van der Waals surface area contributed by atoms with E-state index in [0.717, 1.165) is 6.54 Å². The Bertz CT molecular complexity index is 323. The Morgan fingerprint density at radius 1 is 1.47 bits per heavy atom. The van der Waals surface area contributed by atoms with Crippen molar-refractivity contribution in [2.75, 3.05) is 20.6 Å². The number of nitrogens with zero attached hydrogens (tertiary/aromatic N) is 3. The molecule has 0 amide bonds. The molecule has 0 unspecified atom stereocenters. The molecule has 1 aliphatic rings. The Morgan fingerprint density at radius 2 is 2.27 bits per heavy atom. The third kappa shape index (κ3) is 2.30. The van der Waals surface area contributed by atoms with Crippen LogP contribution in [0.1, 0.15) is 24.4 Å². The highest BCUT2D eigenvalue weighted by molar-refractivity contribution is 6.29. The maximum atomic E-state index is 5.78. The molecular weight excluding hydrogens is 210 g/mol. The zero-order valence-corrected chi connectivity index (χ0v) is 9.91. The first kappa shape index (κ1) is 10.9. The summed E-state index contributed by atoms with van der Waals surface area (Å²) in [6, 6.07) is 4.40. The third-order valence-corrected chi connectivity index (χ3v) is 3.10. The van der Waals surface area contributed by atoms with E-state index >= 15 is 0 Å². The standard InChI is InChI=1S/C11H16ClN3/c1-14(2)15-7-3-4-10(15)9-5-6-11(12)13-8-9/h5-6,8,10H,3-4,7H2,1-2H3/t10-/m1/s1. The van der Waals surface area contributed by atoms with Crippen LogP contribution in [0, 0.1) is 0 Å². The molecule has 0 aliphatic carbocycles. The van der Waals surface area contributed by atoms with Crippen molar-refractivity contribution in [3.8, 4) is 0 Å². The molecule has 82 valence electrons. The summed E-state index contributed by atoms with van der Waals surface area (Å²) in [6.45, 7) is 1.13. The summed E-state index contributed by atoms with van der Waals surface area (Å²) >= 11 is 5.78. The minimum Gasteiger partial charge on any atom is -0.247 e. The molecule has 15 heavy (non-hydrogen) atoms. The molecule has 0 saturated carbocycles. The quantitative estimate of drug-likeness (QED) is 0.721. The van der Waals surface area contributed by atoms with Gasteiger partial charge in [-0.25, -0.2) is 15.0 Å². The lowest BCUT2D eigenvalue weighted by Crippen LogP contribution is -2.36. The van der Waals surface area contributed by atoms with E-state index in [9.17, 15) is 0 Å². The van der Waals surface area contributed by atoms with Crippen molar-refractivity contribution in [3.05, 3.63) is 29.0 Å². The van der Waals surface area contributed by atoms with Crippen LogP contribution in [0.4, 0.5) is 0 Å². The Morgan fingerprint density at radius 3 is 2.87 bits per heavy atom. The zero-order valence-electron chi connectivity index (χ0n) is 9.15. The second-order valence-electron chi connectivity index (χ2n) is 4.08. The van der Waals surface area contributed by atoms with Crippen LogP contribution in [0.2, 0.25) is 5.15 Å². The van der Waals surface area contributed by atoms with Gasteiger partial charge in [0.1, 0.15) is 5.15 Å². The smallest absolute Gasteiger partial charge is 0.129 e. The summed E-state index contributed by atoms with van der Waals surface area (Å²) in [6.07, 6.45) is 4.32. The maximum absolute atomic E-state index is 5.78. The maximum Gasteiger partial charge on any atom is 0.129 e. The highest BCUT2D eigenvalue weighted by Gasteiger charge is 2.27. The van der Waals surface area contributed by atoms with Gasteiger partial charge in [0.25, 0.3) is 0 Å². The average Bonchev–Trinajstić information content (AvgIpc) is 2.67. The van der Waals surface area contributed by atoms with Gasteiger partial charge in [-0.2, -0.15) is 0 Å². The van der Waals surface area contributed by atoms with Crippen molar-refractivity contribution in [2.45, 2.75) is 18.9 Å². The second-order valence-corrected chi connectivity index (χ2v) is 4.47. The number of halogens is 1. The SMILES string of the molecule is CN(C)N1CCC[C@@H]1c1ccc(Cl)nc1. The van der Waals surface area contributed by atoms with Crippen LogP contribution in [-0.2, 0) is 0 Å². The molecule has 1 aromatic rings. The molecule has 4 heteroatoms. The molecule has 0 aromatic carbocycles. The van der Waals surface area contributed by atoms with Crippen LogP contribution in [0.5, 0.6) is 0 Å². The van der Waals surface area contributed by atoms with Crippen LogP contribution < -0.4 is 0 Å². The molecule has 3 nitrogen and oxygen atoms in total. The second kappa shape index (κ2) is 4.47.